The Hall–Kier alpha value is -1.39. The first-order chi connectivity index (χ1) is 8.88. The Balaban J connectivity index is 1.69. The number of fused-ring (bicyclic) bond motifs is 1. The molecule has 0 bridgehead atoms. The largest absolute Gasteiger partial charge is 0.396 e. The van der Waals surface area contributed by atoms with Crippen molar-refractivity contribution in [3.8, 4) is 0 Å². The van der Waals surface area contributed by atoms with Crippen LogP contribution in [0.25, 0.3) is 5.52 Å². The molecule has 1 saturated carbocycles. The molecule has 3 rings (SSSR count). The van der Waals surface area contributed by atoms with Gasteiger partial charge in [-0.1, -0.05) is 12.5 Å². The maximum Gasteiger partial charge on any atom is 0.0706 e. The van der Waals surface area contributed by atoms with E-state index in [0.29, 0.717) is 18.6 Å². The van der Waals surface area contributed by atoms with Gasteiger partial charge in [0.1, 0.15) is 0 Å². The molecule has 0 spiro atoms. The maximum atomic E-state index is 9.31. The topological polar surface area (TPSA) is 49.6 Å². The van der Waals surface area contributed by atoms with Crippen LogP contribution >= 0.6 is 0 Å². The average Bonchev–Trinajstić information content (AvgIpc) is 3.02. The van der Waals surface area contributed by atoms with Crippen molar-refractivity contribution in [2.24, 2.45) is 5.92 Å². The summed E-state index contributed by atoms with van der Waals surface area (Å²) >= 11 is 0. The monoisotopic (exact) mass is 245 g/mol. The molecule has 2 N–H and O–H groups in total. The van der Waals surface area contributed by atoms with Crippen LogP contribution in [0, 0.1) is 5.92 Å². The number of nitrogens with one attached hydrogen (secondary N) is 1. The first-order valence-electron chi connectivity index (χ1n) is 6.64. The Kier molecular flexibility index (Phi) is 3.30. The molecule has 96 valence electrons. The number of aliphatic hydroxyl groups is 1. The van der Waals surface area contributed by atoms with Gasteiger partial charge in [-0.05, 0) is 30.9 Å². The number of aliphatic hydroxyl groups excluding tert-OH is 1. The Bertz CT molecular complexity index is 522. The molecular formula is C14H19N3O. The van der Waals surface area contributed by atoms with Gasteiger partial charge < -0.3 is 10.4 Å². The number of rotatable bonds is 4. The highest BCUT2D eigenvalue weighted by atomic mass is 16.3. The number of hydrogen-bond acceptors (Lipinski definition) is 3. The fourth-order valence-electron chi connectivity index (χ4n) is 2.89. The first kappa shape index (κ1) is 11.7. The zero-order valence-electron chi connectivity index (χ0n) is 10.4. The minimum absolute atomic E-state index is 0.298. The van der Waals surface area contributed by atoms with Crippen molar-refractivity contribution in [1.82, 2.24) is 14.9 Å². The Morgan fingerprint density at radius 3 is 3.22 bits per heavy atom. The number of nitrogens with zero attached hydrogens (tertiary/aromatic N) is 2. The lowest BCUT2D eigenvalue weighted by Gasteiger charge is -2.18. The van der Waals surface area contributed by atoms with E-state index in [9.17, 15) is 5.11 Å². The summed E-state index contributed by atoms with van der Waals surface area (Å²) in [6, 6.07) is 6.55. The molecule has 4 nitrogen and oxygen atoms in total. The molecule has 2 atom stereocenters. The summed E-state index contributed by atoms with van der Waals surface area (Å²) in [6.07, 6.45) is 7.42. The van der Waals surface area contributed by atoms with Crippen molar-refractivity contribution in [2.45, 2.75) is 31.8 Å². The Morgan fingerprint density at radius 2 is 2.33 bits per heavy atom. The molecule has 2 aromatic rings. The summed E-state index contributed by atoms with van der Waals surface area (Å²) in [6.45, 7) is 1.13. The van der Waals surface area contributed by atoms with E-state index in [-0.39, 0.29) is 0 Å². The van der Waals surface area contributed by atoms with Gasteiger partial charge in [-0.25, -0.2) is 4.52 Å². The van der Waals surface area contributed by atoms with Crippen molar-refractivity contribution in [3.63, 3.8) is 0 Å². The van der Waals surface area contributed by atoms with Crippen LogP contribution in [0.4, 0.5) is 0 Å². The third kappa shape index (κ3) is 2.13. The summed E-state index contributed by atoms with van der Waals surface area (Å²) in [5.74, 6) is 0.423. The molecule has 0 aliphatic heterocycles. The van der Waals surface area contributed by atoms with Crippen LogP contribution in [0.3, 0.4) is 0 Å². The van der Waals surface area contributed by atoms with Crippen molar-refractivity contribution < 1.29 is 5.11 Å². The van der Waals surface area contributed by atoms with Crippen LogP contribution in [-0.4, -0.2) is 27.4 Å². The summed E-state index contributed by atoms with van der Waals surface area (Å²) < 4.78 is 1.90. The second-order valence-corrected chi connectivity index (χ2v) is 5.06. The zero-order valence-corrected chi connectivity index (χ0v) is 10.4. The van der Waals surface area contributed by atoms with Gasteiger partial charge in [0.15, 0.2) is 0 Å². The molecule has 0 radical (unpaired) electrons. The minimum Gasteiger partial charge on any atom is -0.396 e. The standard InChI is InChI=1S/C14H19N3O/c18-10-11-4-3-5-13(11)15-8-12-9-16-17-7-2-1-6-14(12)17/h1-2,6-7,9,11,13,15,18H,3-5,8,10H2. The van der Waals surface area contributed by atoms with Gasteiger partial charge in [0.05, 0.1) is 11.7 Å². The van der Waals surface area contributed by atoms with E-state index >= 15 is 0 Å². The molecule has 18 heavy (non-hydrogen) atoms. The second-order valence-electron chi connectivity index (χ2n) is 5.06. The lowest BCUT2D eigenvalue weighted by atomic mass is 10.0. The van der Waals surface area contributed by atoms with Crippen LogP contribution in [0.5, 0.6) is 0 Å². The van der Waals surface area contributed by atoms with Gasteiger partial charge >= 0.3 is 0 Å². The zero-order chi connectivity index (χ0) is 12.4. The molecule has 0 amide bonds. The van der Waals surface area contributed by atoms with Gasteiger partial charge in [-0.2, -0.15) is 5.10 Å². The normalized spacial score (nSPS) is 23.8. The highest BCUT2D eigenvalue weighted by Gasteiger charge is 2.26. The first-order valence-corrected chi connectivity index (χ1v) is 6.64. The van der Waals surface area contributed by atoms with E-state index in [1.54, 1.807) is 0 Å². The molecule has 0 saturated heterocycles. The van der Waals surface area contributed by atoms with Crippen LogP contribution in [0.2, 0.25) is 0 Å². The predicted octanol–water partition coefficient (Wildman–Crippen LogP) is 1.58. The molecule has 1 aliphatic carbocycles. The number of hydrogen-bond donors (Lipinski definition) is 2. The van der Waals surface area contributed by atoms with Gasteiger partial charge in [-0.3, -0.25) is 0 Å². The fourth-order valence-corrected chi connectivity index (χ4v) is 2.89. The highest BCUT2D eigenvalue weighted by Crippen LogP contribution is 2.25. The molecular weight excluding hydrogens is 226 g/mol. The third-order valence-corrected chi connectivity index (χ3v) is 3.95. The number of aromatic nitrogens is 2. The van der Waals surface area contributed by atoms with Crippen molar-refractivity contribution in [2.75, 3.05) is 6.61 Å². The fraction of sp³-hybridized carbons (Fsp3) is 0.500. The Morgan fingerprint density at radius 1 is 1.39 bits per heavy atom. The SMILES string of the molecule is OCC1CCCC1NCc1cnn2ccccc12. The van der Waals surface area contributed by atoms with E-state index < -0.39 is 0 Å². The van der Waals surface area contributed by atoms with Gasteiger partial charge in [-0.15, -0.1) is 0 Å². The van der Waals surface area contributed by atoms with Crippen LogP contribution in [0.15, 0.2) is 30.6 Å². The number of pyridine rings is 1. The van der Waals surface area contributed by atoms with Crippen molar-refractivity contribution in [1.29, 1.82) is 0 Å². The van der Waals surface area contributed by atoms with E-state index in [4.69, 9.17) is 0 Å². The molecule has 4 heteroatoms. The molecule has 0 aromatic carbocycles. The maximum absolute atomic E-state index is 9.31. The molecule has 1 aliphatic rings. The highest BCUT2D eigenvalue weighted by molar-refractivity contribution is 5.53. The summed E-state index contributed by atoms with van der Waals surface area (Å²) in [4.78, 5) is 0. The van der Waals surface area contributed by atoms with Gasteiger partial charge in [0, 0.05) is 31.0 Å². The second kappa shape index (κ2) is 5.08. The molecule has 2 unspecified atom stereocenters. The predicted molar refractivity (Wildman–Crippen MR) is 70.2 cm³/mol. The minimum atomic E-state index is 0.298. The van der Waals surface area contributed by atoms with Crippen LogP contribution < -0.4 is 5.32 Å². The van der Waals surface area contributed by atoms with Crippen LogP contribution in [-0.2, 0) is 6.54 Å². The third-order valence-electron chi connectivity index (χ3n) is 3.95. The van der Waals surface area contributed by atoms with Gasteiger partial charge in [0.2, 0.25) is 0 Å². The van der Waals surface area contributed by atoms with Gasteiger partial charge in [0.25, 0.3) is 0 Å². The lowest BCUT2D eigenvalue weighted by molar-refractivity contribution is 0.205. The van der Waals surface area contributed by atoms with E-state index in [2.05, 4.69) is 16.5 Å². The summed E-state index contributed by atoms with van der Waals surface area (Å²) in [7, 11) is 0. The Labute approximate surface area is 107 Å². The van der Waals surface area contributed by atoms with Crippen molar-refractivity contribution >= 4 is 5.52 Å². The summed E-state index contributed by atoms with van der Waals surface area (Å²) in [5.41, 5.74) is 2.38. The van der Waals surface area contributed by atoms with E-state index in [0.717, 1.165) is 18.5 Å². The lowest BCUT2D eigenvalue weighted by Crippen LogP contribution is -2.33. The van der Waals surface area contributed by atoms with E-state index in [1.807, 2.05) is 29.0 Å². The van der Waals surface area contributed by atoms with Crippen LogP contribution in [0.1, 0.15) is 24.8 Å². The molecule has 1 fully saturated rings. The smallest absolute Gasteiger partial charge is 0.0706 e. The average molecular weight is 245 g/mol. The summed E-state index contributed by atoms with van der Waals surface area (Å²) in [5, 5.41) is 17.2. The van der Waals surface area contributed by atoms with E-state index in [1.165, 1.54) is 18.4 Å². The molecule has 2 aromatic heterocycles. The quantitative estimate of drug-likeness (QED) is 0.860. The molecule has 2 heterocycles. The van der Waals surface area contributed by atoms with Crippen molar-refractivity contribution in [3.05, 3.63) is 36.2 Å².